The molecule has 144 valence electrons. The van der Waals surface area contributed by atoms with Crippen LogP contribution < -0.4 is 15.4 Å². The standard InChI is InChI=1S/C19H19Cl3N2O3/c1-2-8-23-19(26)14-5-3-12(10-16(14)21)24-18(25)7-9-27-13-4-6-15(20)17(22)11-13/h3-6,10-11H,2,7-9H2,1H3,(H,23,26)(H,24,25). The number of hydrogen-bond acceptors (Lipinski definition) is 3. The van der Waals surface area contributed by atoms with Gasteiger partial charge in [0, 0.05) is 18.3 Å². The third-order valence-electron chi connectivity index (χ3n) is 3.52. The number of halogens is 3. The fourth-order valence-electron chi connectivity index (χ4n) is 2.16. The Balaban J connectivity index is 1.85. The minimum absolute atomic E-state index is 0.136. The number of nitrogens with one attached hydrogen (secondary N) is 2. The lowest BCUT2D eigenvalue weighted by Crippen LogP contribution is -2.24. The van der Waals surface area contributed by atoms with Crippen molar-refractivity contribution in [2.24, 2.45) is 0 Å². The summed E-state index contributed by atoms with van der Waals surface area (Å²) in [5.74, 6) is 0.0479. The van der Waals surface area contributed by atoms with E-state index >= 15 is 0 Å². The SMILES string of the molecule is CCCNC(=O)c1ccc(NC(=O)CCOc2ccc(Cl)c(Cl)c2)cc1Cl. The van der Waals surface area contributed by atoms with Crippen LogP contribution in [0.15, 0.2) is 36.4 Å². The summed E-state index contributed by atoms with van der Waals surface area (Å²) in [6, 6.07) is 9.64. The predicted molar refractivity (Wildman–Crippen MR) is 109 cm³/mol. The zero-order chi connectivity index (χ0) is 19.8. The van der Waals surface area contributed by atoms with Gasteiger partial charge in [-0.05, 0) is 36.8 Å². The van der Waals surface area contributed by atoms with Gasteiger partial charge in [0.1, 0.15) is 5.75 Å². The molecule has 0 aliphatic carbocycles. The van der Waals surface area contributed by atoms with Crippen molar-refractivity contribution in [2.75, 3.05) is 18.5 Å². The van der Waals surface area contributed by atoms with E-state index < -0.39 is 0 Å². The van der Waals surface area contributed by atoms with Gasteiger partial charge in [0.15, 0.2) is 0 Å². The Labute approximate surface area is 172 Å². The average molecular weight is 430 g/mol. The summed E-state index contributed by atoms with van der Waals surface area (Å²) < 4.78 is 5.48. The Kier molecular flexibility index (Phi) is 8.23. The molecule has 2 rings (SSSR count). The van der Waals surface area contributed by atoms with E-state index in [4.69, 9.17) is 39.5 Å². The molecule has 0 radical (unpaired) electrons. The van der Waals surface area contributed by atoms with Crippen LogP contribution in [0.25, 0.3) is 0 Å². The zero-order valence-electron chi connectivity index (χ0n) is 14.7. The molecule has 27 heavy (non-hydrogen) atoms. The highest BCUT2D eigenvalue weighted by Crippen LogP contribution is 2.26. The van der Waals surface area contributed by atoms with Gasteiger partial charge < -0.3 is 15.4 Å². The van der Waals surface area contributed by atoms with Gasteiger partial charge in [-0.2, -0.15) is 0 Å². The Morgan fingerprint density at radius 3 is 2.44 bits per heavy atom. The topological polar surface area (TPSA) is 67.4 Å². The van der Waals surface area contributed by atoms with Crippen molar-refractivity contribution < 1.29 is 14.3 Å². The molecule has 8 heteroatoms. The van der Waals surface area contributed by atoms with Gasteiger partial charge in [-0.15, -0.1) is 0 Å². The van der Waals surface area contributed by atoms with E-state index in [0.717, 1.165) is 6.42 Å². The molecular weight excluding hydrogens is 411 g/mol. The van der Waals surface area contributed by atoms with Gasteiger partial charge in [0.05, 0.1) is 33.7 Å². The lowest BCUT2D eigenvalue weighted by molar-refractivity contribution is -0.116. The Bertz CT molecular complexity index is 828. The van der Waals surface area contributed by atoms with Crippen molar-refractivity contribution in [3.63, 3.8) is 0 Å². The van der Waals surface area contributed by atoms with E-state index in [1.54, 1.807) is 36.4 Å². The average Bonchev–Trinajstić information content (AvgIpc) is 2.62. The first-order valence-electron chi connectivity index (χ1n) is 8.36. The lowest BCUT2D eigenvalue weighted by atomic mass is 10.2. The number of benzene rings is 2. The summed E-state index contributed by atoms with van der Waals surface area (Å²) in [7, 11) is 0. The highest BCUT2D eigenvalue weighted by molar-refractivity contribution is 6.42. The maximum atomic E-state index is 12.0. The molecule has 0 spiro atoms. The highest BCUT2D eigenvalue weighted by atomic mass is 35.5. The number of ether oxygens (including phenoxy) is 1. The molecular formula is C19H19Cl3N2O3. The fraction of sp³-hybridized carbons (Fsp3) is 0.263. The van der Waals surface area contributed by atoms with Crippen molar-refractivity contribution in [3.8, 4) is 5.75 Å². The Morgan fingerprint density at radius 2 is 1.78 bits per heavy atom. The van der Waals surface area contributed by atoms with Gasteiger partial charge in [-0.25, -0.2) is 0 Å². The van der Waals surface area contributed by atoms with Gasteiger partial charge in [0.25, 0.3) is 5.91 Å². The molecule has 2 N–H and O–H groups in total. The number of amides is 2. The minimum Gasteiger partial charge on any atom is -0.493 e. The lowest BCUT2D eigenvalue weighted by Gasteiger charge is -2.10. The van der Waals surface area contributed by atoms with Gasteiger partial charge in [0.2, 0.25) is 5.91 Å². The molecule has 0 fully saturated rings. The molecule has 2 aromatic rings. The van der Waals surface area contributed by atoms with Crippen LogP contribution in [-0.2, 0) is 4.79 Å². The second kappa shape index (κ2) is 10.4. The van der Waals surface area contributed by atoms with E-state index in [-0.39, 0.29) is 29.9 Å². The fourth-order valence-corrected chi connectivity index (χ4v) is 2.72. The molecule has 0 unspecified atom stereocenters. The van der Waals surface area contributed by atoms with Gasteiger partial charge >= 0.3 is 0 Å². The number of carbonyl (C=O) groups is 2. The first kappa shape index (κ1) is 21.4. The van der Waals surface area contributed by atoms with Crippen LogP contribution >= 0.6 is 34.8 Å². The van der Waals surface area contributed by atoms with Crippen LogP contribution in [0.3, 0.4) is 0 Å². The maximum absolute atomic E-state index is 12.0. The molecule has 5 nitrogen and oxygen atoms in total. The van der Waals surface area contributed by atoms with E-state index in [1.807, 2.05) is 6.92 Å². The molecule has 0 heterocycles. The normalized spacial score (nSPS) is 10.4. The molecule has 0 aliphatic heterocycles. The summed E-state index contributed by atoms with van der Waals surface area (Å²) in [5, 5.41) is 6.57. The minimum atomic E-state index is -0.241. The third-order valence-corrected chi connectivity index (χ3v) is 4.57. The quantitative estimate of drug-likeness (QED) is 0.606. The smallest absolute Gasteiger partial charge is 0.252 e. The van der Waals surface area contributed by atoms with Crippen LogP contribution in [0.1, 0.15) is 30.1 Å². The maximum Gasteiger partial charge on any atom is 0.252 e. The predicted octanol–water partition coefficient (Wildman–Crippen LogP) is 5.19. The van der Waals surface area contributed by atoms with Crippen molar-refractivity contribution in [3.05, 3.63) is 57.0 Å². The van der Waals surface area contributed by atoms with Crippen molar-refractivity contribution in [1.82, 2.24) is 5.32 Å². The number of anilines is 1. The summed E-state index contributed by atoms with van der Waals surface area (Å²) in [6.45, 7) is 2.72. The van der Waals surface area contributed by atoms with Crippen molar-refractivity contribution in [1.29, 1.82) is 0 Å². The van der Waals surface area contributed by atoms with Crippen LogP contribution in [0.2, 0.25) is 15.1 Å². The molecule has 0 saturated heterocycles. The Morgan fingerprint density at radius 1 is 1.00 bits per heavy atom. The first-order chi connectivity index (χ1) is 12.9. The number of rotatable bonds is 8. The summed E-state index contributed by atoms with van der Waals surface area (Å²) in [5.41, 5.74) is 0.873. The van der Waals surface area contributed by atoms with E-state index in [0.29, 0.717) is 33.6 Å². The molecule has 2 aromatic carbocycles. The summed E-state index contributed by atoms with van der Waals surface area (Å²) in [4.78, 5) is 24.0. The van der Waals surface area contributed by atoms with Crippen molar-refractivity contribution in [2.45, 2.75) is 19.8 Å². The largest absolute Gasteiger partial charge is 0.493 e. The van der Waals surface area contributed by atoms with Crippen LogP contribution in [-0.4, -0.2) is 25.0 Å². The van der Waals surface area contributed by atoms with Crippen LogP contribution in [0, 0.1) is 0 Å². The van der Waals surface area contributed by atoms with E-state index in [2.05, 4.69) is 10.6 Å². The van der Waals surface area contributed by atoms with Gasteiger partial charge in [-0.3, -0.25) is 9.59 Å². The van der Waals surface area contributed by atoms with Gasteiger partial charge in [-0.1, -0.05) is 41.7 Å². The molecule has 0 aromatic heterocycles. The number of hydrogen-bond donors (Lipinski definition) is 2. The molecule has 0 bridgehead atoms. The molecule has 2 amide bonds. The first-order valence-corrected chi connectivity index (χ1v) is 9.49. The van der Waals surface area contributed by atoms with Crippen molar-refractivity contribution >= 4 is 52.3 Å². The Hall–Kier alpha value is -1.95. The summed E-state index contributed by atoms with van der Waals surface area (Å²) in [6.07, 6.45) is 0.971. The molecule has 0 aliphatic rings. The summed E-state index contributed by atoms with van der Waals surface area (Å²) >= 11 is 17.9. The molecule has 0 atom stereocenters. The highest BCUT2D eigenvalue weighted by Gasteiger charge is 2.11. The third kappa shape index (κ3) is 6.61. The van der Waals surface area contributed by atoms with Crippen LogP contribution in [0.5, 0.6) is 5.75 Å². The second-order valence-corrected chi connectivity index (χ2v) is 6.89. The van der Waals surface area contributed by atoms with E-state index in [1.165, 1.54) is 0 Å². The van der Waals surface area contributed by atoms with Crippen LogP contribution in [0.4, 0.5) is 5.69 Å². The van der Waals surface area contributed by atoms with E-state index in [9.17, 15) is 9.59 Å². The monoisotopic (exact) mass is 428 g/mol. The molecule has 0 saturated carbocycles. The number of carbonyl (C=O) groups excluding carboxylic acids is 2. The zero-order valence-corrected chi connectivity index (χ0v) is 16.9. The second-order valence-electron chi connectivity index (χ2n) is 5.67.